The first-order valence-corrected chi connectivity index (χ1v) is 11.4. The first kappa shape index (κ1) is 25.1. The predicted octanol–water partition coefficient (Wildman–Crippen LogP) is 2.52. The van der Waals surface area contributed by atoms with E-state index in [0.29, 0.717) is 18.0 Å². The molecule has 0 aliphatic heterocycles. The van der Waals surface area contributed by atoms with Gasteiger partial charge in [-0.3, -0.25) is 14.1 Å². The molecule has 2 rings (SSSR count). The van der Waals surface area contributed by atoms with E-state index in [9.17, 15) is 23.1 Å². The Morgan fingerprint density at radius 3 is 2.48 bits per heavy atom. The van der Waals surface area contributed by atoms with Gasteiger partial charge in [-0.05, 0) is 42.7 Å². The Labute approximate surface area is 190 Å². The van der Waals surface area contributed by atoms with Crippen LogP contribution in [0.25, 0.3) is 0 Å². The summed E-state index contributed by atoms with van der Waals surface area (Å²) in [6.45, 7) is 0.357. The van der Waals surface area contributed by atoms with Gasteiger partial charge in [-0.15, -0.1) is 0 Å². The van der Waals surface area contributed by atoms with Gasteiger partial charge in [0, 0.05) is 35.0 Å². The maximum atomic E-state index is 12.2. The zero-order valence-corrected chi connectivity index (χ0v) is 18.7. The SMILES string of the molecule is N[C@@H](CCC(=O)Cc1cc(Cl)cc(S(=O)(=O)O)c1O)C(=O)NCCc1cccc(Cl)c1. The van der Waals surface area contributed by atoms with E-state index in [1.54, 1.807) is 12.1 Å². The topological polar surface area (TPSA) is 147 Å². The van der Waals surface area contributed by atoms with Gasteiger partial charge in [0.15, 0.2) is 0 Å². The summed E-state index contributed by atoms with van der Waals surface area (Å²) >= 11 is 11.7. The van der Waals surface area contributed by atoms with Crippen molar-refractivity contribution in [3.05, 3.63) is 57.6 Å². The van der Waals surface area contributed by atoms with Gasteiger partial charge in [0.25, 0.3) is 10.1 Å². The fourth-order valence-electron chi connectivity index (χ4n) is 2.86. The highest BCUT2D eigenvalue weighted by Gasteiger charge is 2.21. The van der Waals surface area contributed by atoms with E-state index in [1.807, 2.05) is 12.1 Å². The van der Waals surface area contributed by atoms with Crippen LogP contribution in [0.3, 0.4) is 0 Å². The molecule has 0 saturated carbocycles. The molecule has 1 amide bonds. The van der Waals surface area contributed by atoms with Crippen molar-refractivity contribution in [1.29, 1.82) is 0 Å². The molecule has 0 heterocycles. The Kier molecular flexibility index (Phi) is 8.84. The number of nitrogens with two attached hydrogens (primary N) is 1. The summed E-state index contributed by atoms with van der Waals surface area (Å²) in [5, 5.41) is 13.3. The van der Waals surface area contributed by atoms with Crippen LogP contribution in [0.2, 0.25) is 10.0 Å². The maximum Gasteiger partial charge on any atom is 0.298 e. The zero-order chi connectivity index (χ0) is 23.2. The van der Waals surface area contributed by atoms with E-state index in [-0.39, 0.29) is 35.6 Å². The van der Waals surface area contributed by atoms with Gasteiger partial charge in [-0.25, -0.2) is 0 Å². The molecule has 0 aromatic heterocycles. The predicted molar refractivity (Wildman–Crippen MR) is 117 cm³/mol. The van der Waals surface area contributed by atoms with E-state index < -0.39 is 32.7 Å². The smallest absolute Gasteiger partial charge is 0.298 e. The van der Waals surface area contributed by atoms with E-state index in [4.69, 9.17) is 33.5 Å². The quantitative estimate of drug-likeness (QED) is 0.375. The monoisotopic (exact) mass is 488 g/mol. The summed E-state index contributed by atoms with van der Waals surface area (Å²) in [7, 11) is -4.71. The van der Waals surface area contributed by atoms with Crippen molar-refractivity contribution >= 4 is 45.0 Å². The number of carbonyl (C=O) groups excluding carboxylic acids is 2. The normalized spacial score (nSPS) is 12.4. The molecule has 0 bridgehead atoms. The second-order valence-corrected chi connectivity index (χ2v) is 9.18. The molecule has 0 spiro atoms. The minimum absolute atomic E-state index is 0.0512. The summed E-state index contributed by atoms with van der Waals surface area (Å²) in [6, 6.07) is 8.44. The van der Waals surface area contributed by atoms with Gasteiger partial charge in [0.2, 0.25) is 5.91 Å². The Morgan fingerprint density at radius 1 is 1.13 bits per heavy atom. The first-order valence-electron chi connectivity index (χ1n) is 9.25. The van der Waals surface area contributed by atoms with Crippen LogP contribution in [0.4, 0.5) is 0 Å². The van der Waals surface area contributed by atoms with Gasteiger partial charge in [-0.1, -0.05) is 35.3 Å². The average molecular weight is 489 g/mol. The number of carbonyl (C=O) groups is 2. The minimum atomic E-state index is -4.71. The van der Waals surface area contributed by atoms with Crippen molar-refractivity contribution in [1.82, 2.24) is 5.32 Å². The highest BCUT2D eigenvalue weighted by atomic mass is 35.5. The van der Waals surface area contributed by atoms with E-state index >= 15 is 0 Å². The van der Waals surface area contributed by atoms with Crippen molar-refractivity contribution < 1.29 is 27.7 Å². The number of benzene rings is 2. The van der Waals surface area contributed by atoms with Crippen molar-refractivity contribution in [2.75, 3.05) is 6.54 Å². The number of ketones is 1. The molecule has 31 heavy (non-hydrogen) atoms. The van der Waals surface area contributed by atoms with Crippen LogP contribution in [0, 0.1) is 0 Å². The second-order valence-electron chi connectivity index (χ2n) is 6.92. The lowest BCUT2D eigenvalue weighted by molar-refractivity contribution is -0.122. The summed E-state index contributed by atoms with van der Waals surface area (Å²) in [5.74, 6) is -1.54. The number of hydrogen-bond donors (Lipinski definition) is 4. The zero-order valence-electron chi connectivity index (χ0n) is 16.3. The third kappa shape index (κ3) is 7.79. The van der Waals surface area contributed by atoms with Gasteiger partial charge in [0.1, 0.15) is 16.4 Å². The molecule has 0 radical (unpaired) electrons. The molecule has 2 aromatic carbocycles. The number of rotatable bonds is 10. The number of aromatic hydroxyl groups is 1. The van der Waals surface area contributed by atoms with E-state index in [0.717, 1.165) is 11.6 Å². The lowest BCUT2D eigenvalue weighted by Crippen LogP contribution is -2.41. The third-order valence-corrected chi connectivity index (χ3v) is 5.78. The highest BCUT2D eigenvalue weighted by molar-refractivity contribution is 7.86. The van der Waals surface area contributed by atoms with Crippen molar-refractivity contribution in [2.24, 2.45) is 5.73 Å². The number of phenolic OH excluding ortho intramolecular Hbond substituents is 1. The molecule has 168 valence electrons. The highest BCUT2D eigenvalue weighted by Crippen LogP contribution is 2.31. The van der Waals surface area contributed by atoms with Crippen LogP contribution in [-0.4, -0.2) is 42.4 Å². The summed E-state index contributed by atoms with van der Waals surface area (Å²) in [5.41, 5.74) is 6.74. The average Bonchev–Trinajstić information content (AvgIpc) is 2.67. The second kappa shape index (κ2) is 10.9. The van der Waals surface area contributed by atoms with Crippen molar-refractivity contribution in [3.8, 4) is 5.75 Å². The molecule has 0 unspecified atom stereocenters. The molecule has 0 aliphatic rings. The minimum Gasteiger partial charge on any atom is -0.506 e. The number of hydrogen-bond acceptors (Lipinski definition) is 6. The molecule has 8 nitrogen and oxygen atoms in total. The fraction of sp³-hybridized carbons (Fsp3) is 0.300. The number of nitrogens with one attached hydrogen (secondary N) is 1. The summed E-state index contributed by atoms with van der Waals surface area (Å²) in [6.07, 6.45) is 0.227. The molecule has 0 aliphatic carbocycles. The van der Waals surface area contributed by atoms with Gasteiger partial charge < -0.3 is 16.2 Å². The molecular formula is C20H22Cl2N2O6S. The van der Waals surface area contributed by atoms with Crippen molar-refractivity contribution in [2.45, 2.75) is 36.6 Å². The van der Waals surface area contributed by atoms with Crippen LogP contribution in [0.1, 0.15) is 24.0 Å². The Bertz CT molecular complexity index is 1080. The third-order valence-electron chi connectivity index (χ3n) is 4.46. The van der Waals surface area contributed by atoms with Crippen LogP contribution in [-0.2, 0) is 32.5 Å². The Hall–Kier alpha value is -2.17. The van der Waals surface area contributed by atoms with Gasteiger partial charge in [0.05, 0.1) is 6.04 Å². The van der Waals surface area contributed by atoms with Gasteiger partial charge >= 0.3 is 0 Å². The molecule has 0 saturated heterocycles. The van der Waals surface area contributed by atoms with Crippen LogP contribution in [0.15, 0.2) is 41.3 Å². The van der Waals surface area contributed by atoms with E-state index in [1.165, 1.54) is 6.07 Å². The molecular weight excluding hydrogens is 467 g/mol. The van der Waals surface area contributed by atoms with Crippen LogP contribution >= 0.6 is 23.2 Å². The number of phenols is 1. The Morgan fingerprint density at radius 2 is 1.84 bits per heavy atom. The largest absolute Gasteiger partial charge is 0.506 e. The van der Waals surface area contributed by atoms with E-state index in [2.05, 4.69) is 5.32 Å². The molecule has 2 aromatic rings. The van der Waals surface area contributed by atoms with Crippen LogP contribution in [0.5, 0.6) is 5.75 Å². The number of Topliss-reactive ketones (excluding diaryl/α,β-unsaturated/α-hetero) is 1. The molecule has 5 N–H and O–H groups in total. The lowest BCUT2D eigenvalue weighted by atomic mass is 10.0. The van der Waals surface area contributed by atoms with Gasteiger partial charge in [-0.2, -0.15) is 8.42 Å². The number of halogens is 2. The lowest BCUT2D eigenvalue weighted by Gasteiger charge is -2.13. The summed E-state index contributed by atoms with van der Waals surface area (Å²) < 4.78 is 31.8. The number of amides is 1. The Balaban J connectivity index is 1.85. The molecule has 11 heteroatoms. The summed E-state index contributed by atoms with van der Waals surface area (Å²) in [4.78, 5) is 23.5. The molecule has 1 atom stereocenters. The maximum absolute atomic E-state index is 12.2. The first-order chi connectivity index (χ1) is 14.5. The van der Waals surface area contributed by atoms with Crippen LogP contribution < -0.4 is 11.1 Å². The molecule has 0 fully saturated rings. The fourth-order valence-corrected chi connectivity index (χ4v) is 4.03. The van der Waals surface area contributed by atoms with Crippen molar-refractivity contribution in [3.63, 3.8) is 0 Å². The standard InChI is InChI=1S/C20H22Cl2N2O6S/c21-14-3-1-2-12(8-14)6-7-24-20(27)17(23)5-4-16(25)10-13-9-15(22)11-18(19(13)26)31(28,29)30/h1-3,8-9,11,17,26H,4-7,10,23H2,(H,24,27)(H,28,29,30)/t17-/m0/s1.